The van der Waals surface area contributed by atoms with Gasteiger partial charge in [-0.15, -0.1) is 0 Å². The maximum Gasteiger partial charge on any atom is 0.203 e. The highest BCUT2D eigenvalue weighted by molar-refractivity contribution is 5.77. The Kier molecular flexibility index (Phi) is 4.43. The number of nitrogens with zero attached hydrogens (tertiary/aromatic N) is 1. The minimum absolute atomic E-state index is 0.211. The Hall–Kier alpha value is -1.75. The average molecular weight is 208 g/mol. The molecule has 0 unspecified atom stereocenters. The van der Waals surface area contributed by atoms with Crippen LogP contribution in [0.5, 0.6) is 5.75 Å². The van der Waals surface area contributed by atoms with Gasteiger partial charge in [0, 0.05) is 0 Å². The molecule has 5 heteroatoms. The van der Waals surface area contributed by atoms with Gasteiger partial charge in [-0.3, -0.25) is 5.43 Å². The summed E-state index contributed by atoms with van der Waals surface area (Å²) in [6, 6.07) is 7.83. The van der Waals surface area contributed by atoms with Crippen LogP contribution in [0.15, 0.2) is 29.3 Å². The predicted octanol–water partition coefficient (Wildman–Crippen LogP) is 0.152. The molecule has 0 heterocycles. The molecule has 1 aromatic rings. The summed E-state index contributed by atoms with van der Waals surface area (Å²) >= 11 is 0. The second-order valence-corrected chi connectivity index (χ2v) is 3.08. The van der Waals surface area contributed by atoms with Gasteiger partial charge >= 0.3 is 0 Å². The van der Waals surface area contributed by atoms with Crippen molar-refractivity contribution in [3.8, 4) is 5.75 Å². The van der Waals surface area contributed by atoms with E-state index in [1.807, 2.05) is 31.2 Å². The molecule has 0 aromatic heterocycles. The smallest absolute Gasteiger partial charge is 0.203 e. The van der Waals surface area contributed by atoms with Crippen molar-refractivity contribution in [3.63, 3.8) is 0 Å². The molecule has 0 radical (unpaired) electrons. The maximum atomic E-state index is 5.45. The Morgan fingerprint density at radius 1 is 1.53 bits per heavy atom. The van der Waals surface area contributed by atoms with Crippen molar-refractivity contribution in [3.05, 3.63) is 29.8 Å². The molecular weight excluding hydrogens is 192 g/mol. The first-order valence-corrected chi connectivity index (χ1v) is 4.68. The number of hydrogen-bond acceptors (Lipinski definition) is 3. The Labute approximate surface area is 89.1 Å². The summed E-state index contributed by atoms with van der Waals surface area (Å²) in [6.07, 6.45) is 0. The number of nitrogens with two attached hydrogens (primary N) is 2. The molecule has 0 aliphatic rings. The molecule has 0 saturated carbocycles. The standard InChI is InChI=1S/C10H16N4O/c1-8-3-2-4-9(7-8)15-6-5-13-10(11)14-12/h2-4,7H,5-6,12H2,1H3,(H3,11,13,14). The number of aryl methyl sites for hydroxylation is 1. The van der Waals surface area contributed by atoms with E-state index in [4.69, 9.17) is 16.3 Å². The zero-order chi connectivity index (χ0) is 11.1. The lowest BCUT2D eigenvalue weighted by atomic mass is 10.2. The van der Waals surface area contributed by atoms with Crippen molar-refractivity contribution in [1.82, 2.24) is 5.43 Å². The molecule has 0 atom stereocenters. The Morgan fingerprint density at radius 2 is 2.33 bits per heavy atom. The van der Waals surface area contributed by atoms with Crippen LogP contribution >= 0.6 is 0 Å². The van der Waals surface area contributed by atoms with Gasteiger partial charge in [-0.2, -0.15) is 0 Å². The highest BCUT2D eigenvalue weighted by Crippen LogP contribution is 2.11. The van der Waals surface area contributed by atoms with Crippen LogP contribution < -0.4 is 21.7 Å². The summed E-state index contributed by atoms with van der Waals surface area (Å²) in [5, 5.41) is 0. The minimum Gasteiger partial charge on any atom is -0.492 e. The fraction of sp³-hybridized carbons (Fsp3) is 0.300. The van der Waals surface area contributed by atoms with Crippen LogP contribution in [-0.2, 0) is 0 Å². The van der Waals surface area contributed by atoms with Crippen LogP contribution in [0.1, 0.15) is 5.56 Å². The Balaban J connectivity index is 2.32. The van der Waals surface area contributed by atoms with Crippen molar-refractivity contribution in [2.45, 2.75) is 6.92 Å². The quantitative estimate of drug-likeness (QED) is 0.216. The van der Waals surface area contributed by atoms with Crippen LogP contribution in [0.3, 0.4) is 0 Å². The summed E-state index contributed by atoms with van der Waals surface area (Å²) in [5.74, 6) is 6.09. The third-order valence-corrected chi connectivity index (χ3v) is 1.78. The molecule has 1 aromatic carbocycles. The summed E-state index contributed by atoms with van der Waals surface area (Å²) < 4.78 is 5.45. The lowest BCUT2D eigenvalue weighted by molar-refractivity contribution is 0.328. The molecule has 0 fully saturated rings. The van der Waals surface area contributed by atoms with E-state index < -0.39 is 0 Å². The fourth-order valence-corrected chi connectivity index (χ4v) is 1.08. The number of guanidine groups is 1. The first kappa shape index (κ1) is 11.3. The van der Waals surface area contributed by atoms with E-state index in [1.165, 1.54) is 5.56 Å². The zero-order valence-electron chi connectivity index (χ0n) is 8.73. The zero-order valence-corrected chi connectivity index (χ0v) is 8.73. The third kappa shape index (κ3) is 4.33. The maximum absolute atomic E-state index is 5.45. The topological polar surface area (TPSA) is 85.7 Å². The number of benzene rings is 1. The third-order valence-electron chi connectivity index (χ3n) is 1.78. The first-order valence-electron chi connectivity index (χ1n) is 4.68. The van der Waals surface area contributed by atoms with Crippen LogP contribution in [-0.4, -0.2) is 19.1 Å². The van der Waals surface area contributed by atoms with Crippen LogP contribution in [0.25, 0.3) is 0 Å². The minimum atomic E-state index is 0.211. The first-order chi connectivity index (χ1) is 7.22. The van der Waals surface area contributed by atoms with Crippen LogP contribution in [0.4, 0.5) is 0 Å². The van der Waals surface area contributed by atoms with Gasteiger partial charge in [-0.05, 0) is 24.6 Å². The normalized spacial score (nSPS) is 11.2. The van der Waals surface area contributed by atoms with Gasteiger partial charge in [0.2, 0.25) is 5.96 Å². The molecule has 5 N–H and O–H groups in total. The second-order valence-electron chi connectivity index (χ2n) is 3.08. The number of ether oxygens (including phenoxy) is 1. The number of hydrazine groups is 1. The molecule has 1 rings (SSSR count). The van der Waals surface area contributed by atoms with E-state index in [-0.39, 0.29) is 5.96 Å². The van der Waals surface area contributed by atoms with Crippen molar-refractivity contribution in [2.24, 2.45) is 16.6 Å². The highest BCUT2D eigenvalue weighted by Gasteiger charge is 1.93. The largest absolute Gasteiger partial charge is 0.492 e. The molecular formula is C10H16N4O. The van der Waals surface area contributed by atoms with E-state index in [2.05, 4.69) is 10.4 Å². The van der Waals surface area contributed by atoms with E-state index in [0.717, 1.165) is 5.75 Å². The van der Waals surface area contributed by atoms with Gasteiger partial charge in [0.05, 0.1) is 6.54 Å². The monoisotopic (exact) mass is 208 g/mol. The molecule has 0 aliphatic heterocycles. The molecule has 0 amide bonds. The van der Waals surface area contributed by atoms with Gasteiger partial charge < -0.3 is 10.5 Å². The van der Waals surface area contributed by atoms with Crippen molar-refractivity contribution in [2.75, 3.05) is 13.2 Å². The SMILES string of the molecule is Cc1cccc(OCCN=C(N)NN)c1. The molecule has 0 saturated heterocycles. The number of aliphatic imine (C=N–C) groups is 1. The molecule has 15 heavy (non-hydrogen) atoms. The van der Waals surface area contributed by atoms with Crippen LogP contribution in [0.2, 0.25) is 0 Å². The van der Waals surface area contributed by atoms with E-state index >= 15 is 0 Å². The lowest BCUT2D eigenvalue weighted by Gasteiger charge is -2.05. The summed E-state index contributed by atoms with van der Waals surface area (Å²) in [5.41, 5.74) is 8.75. The van der Waals surface area contributed by atoms with Crippen LogP contribution in [0, 0.1) is 6.92 Å². The van der Waals surface area contributed by atoms with Crippen molar-refractivity contribution < 1.29 is 4.74 Å². The average Bonchev–Trinajstić information content (AvgIpc) is 2.24. The predicted molar refractivity (Wildman–Crippen MR) is 60.5 cm³/mol. The second kappa shape index (κ2) is 5.87. The van der Waals surface area contributed by atoms with Gasteiger partial charge in [-0.25, -0.2) is 10.8 Å². The molecule has 5 nitrogen and oxygen atoms in total. The number of hydrogen-bond donors (Lipinski definition) is 3. The Morgan fingerprint density at radius 3 is 3.00 bits per heavy atom. The summed E-state index contributed by atoms with van der Waals surface area (Å²) in [4.78, 5) is 3.91. The van der Waals surface area contributed by atoms with E-state index in [1.54, 1.807) is 0 Å². The lowest BCUT2D eigenvalue weighted by Crippen LogP contribution is -2.37. The molecule has 82 valence electrons. The van der Waals surface area contributed by atoms with Crippen molar-refractivity contribution >= 4 is 5.96 Å². The number of rotatable bonds is 4. The molecule has 0 bridgehead atoms. The van der Waals surface area contributed by atoms with E-state index in [9.17, 15) is 0 Å². The molecule has 0 spiro atoms. The van der Waals surface area contributed by atoms with E-state index in [0.29, 0.717) is 13.2 Å². The summed E-state index contributed by atoms with van der Waals surface area (Å²) in [6.45, 7) is 2.97. The van der Waals surface area contributed by atoms with Gasteiger partial charge in [-0.1, -0.05) is 12.1 Å². The van der Waals surface area contributed by atoms with Gasteiger partial charge in [0.1, 0.15) is 12.4 Å². The van der Waals surface area contributed by atoms with Crippen molar-refractivity contribution in [1.29, 1.82) is 0 Å². The number of nitrogens with one attached hydrogen (secondary N) is 1. The summed E-state index contributed by atoms with van der Waals surface area (Å²) in [7, 11) is 0. The van der Waals surface area contributed by atoms with Gasteiger partial charge in [0.15, 0.2) is 0 Å². The van der Waals surface area contributed by atoms with Gasteiger partial charge in [0.25, 0.3) is 0 Å². The Bertz CT molecular complexity index is 338. The highest BCUT2D eigenvalue weighted by atomic mass is 16.5. The molecule has 0 aliphatic carbocycles. The fourth-order valence-electron chi connectivity index (χ4n) is 1.08.